The molecule has 0 amide bonds. The van der Waals surface area contributed by atoms with Crippen LogP contribution in [-0.4, -0.2) is 28.0 Å². The van der Waals surface area contributed by atoms with Crippen LogP contribution >= 0.6 is 0 Å². The molecule has 0 spiro atoms. The van der Waals surface area contributed by atoms with Gasteiger partial charge in [-0.05, 0) is 37.1 Å². The van der Waals surface area contributed by atoms with Gasteiger partial charge in [-0.15, -0.1) is 0 Å². The minimum Gasteiger partial charge on any atom is -0.496 e. The van der Waals surface area contributed by atoms with Gasteiger partial charge in [-0.3, -0.25) is 4.68 Å². The summed E-state index contributed by atoms with van der Waals surface area (Å²) in [7, 11) is 3.33. The smallest absolute Gasteiger partial charge is 0.356 e. The van der Waals surface area contributed by atoms with E-state index in [1.807, 2.05) is 26.0 Å². The van der Waals surface area contributed by atoms with Gasteiger partial charge >= 0.3 is 5.97 Å². The Bertz CT molecular complexity index is 644. The largest absolute Gasteiger partial charge is 0.496 e. The normalized spacial score (nSPS) is 10.5. The summed E-state index contributed by atoms with van der Waals surface area (Å²) < 4.78 is 6.96. The summed E-state index contributed by atoms with van der Waals surface area (Å²) in [5.74, 6) is -0.317. The van der Waals surface area contributed by atoms with Crippen molar-refractivity contribution in [2.24, 2.45) is 7.05 Å². The first-order valence-electron chi connectivity index (χ1n) is 5.87. The third kappa shape index (κ3) is 2.31. The van der Waals surface area contributed by atoms with Gasteiger partial charge in [0.2, 0.25) is 0 Å². The lowest BCUT2D eigenvalue weighted by Crippen LogP contribution is -2.00. The van der Waals surface area contributed by atoms with Crippen LogP contribution in [0.25, 0.3) is 11.3 Å². The van der Waals surface area contributed by atoms with Crippen molar-refractivity contribution in [1.82, 2.24) is 9.78 Å². The number of hydrogen-bond donors (Lipinski definition) is 1. The first-order valence-corrected chi connectivity index (χ1v) is 5.87. The number of carboxylic acid groups (broad SMARTS) is 1. The molecule has 1 aromatic heterocycles. The minimum absolute atomic E-state index is 0.0273. The summed E-state index contributed by atoms with van der Waals surface area (Å²) in [5, 5.41) is 13.0. The van der Waals surface area contributed by atoms with Crippen LogP contribution in [0.1, 0.15) is 21.6 Å². The van der Waals surface area contributed by atoms with Crippen LogP contribution in [0.15, 0.2) is 18.2 Å². The molecule has 0 aliphatic heterocycles. The Hall–Kier alpha value is -2.30. The number of carboxylic acids is 1. The van der Waals surface area contributed by atoms with Gasteiger partial charge in [0.05, 0.1) is 12.8 Å². The number of benzene rings is 1. The van der Waals surface area contributed by atoms with E-state index in [0.29, 0.717) is 0 Å². The molecule has 0 radical (unpaired) electrons. The molecule has 0 aliphatic rings. The molecule has 0 fully saturated rings. The highest BCUT2D eigenvalue weighted by Gasteiger charge is 2.17. The molecular weight excluding hydrogens is 244 g/mol. The van der Waals surface area contributed by atoms with E-state index in [4.69, 9.17) is 9.84 Å². The first-order chi connectivity index (χ1) is 8.93. The fourth-order valence-corrected chi connectivity index (χ4v) is 2.22. The SMILES string of the molecule is COc1cc(C)cc(C)c1-c1cc(C(=O)O)nn1C. The molecule has 100 valence electrons. The lowest BCUT2D eigenvalue weighted by atomic mass is 10.0. The molecule has 0 unspecified atom stereocenters. The molecule has 1 aromatic carbocycles. The standard InChI is InChI=1S/C14H16N2O3/c1-8-5-9(2)13(12(6-8)19-4)11-7-10(14(17)18)15-16(11)3/h5-7H,1-4H3,(H,17,18). The summed E-state index contributed by atoms with van der Waals surface area (Å²) in [4.78, 5) is 11.0. The Morgan fingerprint density at radius 2 is 2.00 bits per heavy atom. The van der Waals surface area contributed by atoms with Gasteiger partial charge in [-0.25, -0.2) is 4.79 Å². The van der Waals surface area contributed by atoms with E-state index < -0.39 is 5.97 Å². The first kappa shape index (κ1) is 13.1. The summed E-state index contributed by atoms with van der Waals surface area (Å²) >= 11 is 0. The topological polar surface area (TPSA) is 64.3 Å². The zero-order valence-electron chi connectivity index (χ0n) is 11.4. The van der Waals surface area contributed by atoms with E-state index in [0.717, 1.165) is 28.1 Å². The number of hydrogen-bond acceptors (Lipinski definition) is 3. The van der Waals surface area contributed by atoms with E-state index in [1.54, 1.807) is 24.9 Å². The van der Waals surface area contributed by atoms with Gasteiger partial charge in [0.15, 0.2) is 5.69 Å². The predicted octanol–water partition coefficient (Wildman–Crippen LogP) is 2.41. The van der Waals surface area contributed by atoms with Crippen LogP contribution < -0.4 is 4.74 Å². The quantitative estimate of drug-likeness (QED) is 0.920. The zero-order valence-corrected chi connectivity index (χ0v) is 11.4. The van der Waals surface area contributed by atoms with E-state index in [1.165, 1.54) is 0 Å². The van der Waals surface area contributed by atoms with Crippen molar-refractivity contribution in [2.45, 2.75) is 13.8 Å². The van der Waals surface area contributed by atoms with Crippen LogP contribution in [0.5, 0.6) is 5.75 Å². The molecule has 0 saturated heterocycles. The number of carbonyl (C=O) groups is 1. The van der Waals surface area contributed by atoms with Crippen LogP contribution in [-0.2, 0) is 7.05 Å². The number of aromatic nitrogens is 2. The molecule has 2 rings (SSSR count). The number of rotatable bonds is 3. The van der Waals surface area contributed by atoms with Crippen LogP contribution in [0.2, 0.25) is 0 Å². The van der Waals surface area contributed by atoms with Crippen molar-refractivity contribution in [3.63, 3.8) is 0 Å². The predicted molar refractivity (Wildman–Crippen MR) is 71.6 cm³/mol. The lowest BCUT2D eigenvalue weighted by Gasteiger charge is -2.13. The summed E-state index contributed by atoms with van der Waals surface area (Å²) in [5.41, 5.74) is 3.75. The van der Waals surface area contributed by atoms with Crippen molar-refractivity contribution in [2.75, 3.05) is 7.11 Å². The number of aromatic carboxylic acids is 1. The highest BCUT2D eigenvalue weighted by atomic mass is 16.5. The van der Waals surface area contributed by atoms with Gasteiger partial charge in [0, 0.05) is 12.6 Å². The average Bonchev–Trinajstić information content (AvgIpc) is 2.70. The maximum absolute atomic E-state index is 11.0. The van der Waals surface area contributed by atoms with Crippen molar-refractivity contribution < 1.29 is 14.6 Å². The van der Waals surface area contributed by atoms with Crippen LogP contribution in [0.3, 0.4) is 0 Å². The lowest BCUT2D eigenvalue weighted by molar-refractivity contribution is 0.0689. The number of methoxy groups -OCH3 is 1. The van der Waals surface area contributed by atoms with Crippen LogP contribution in [0.4, 0.5) is 0 Å². The van der Waals surface area contributed by atoms with E-state index in [2.05, 4.69) is 5.10 Å². The van der Waals surface area contributed by atoms with Crippen LogP contribution in [0, 0.1) is 13.8 Å². The minimum atomic E-state index is -1.04. The molecule has 1 N–H and O–H groups in total. The van der Waals surface area contributed by atoms with Crippen molar-refractivity contribution in [3.8, 4) is 17.0 Å². The molecule has 5 nitrogen and oxygen atoms in total. The summed E-state index contributed by atoms with van der Waals surface area (Å²) in [6.07, 6.45) is 0. The number of aryl methyl sites for hydroxylation is 3. The second kappa shape index (κ2) is 4.76. The van der Waals surface area contributed by atoms with E-state index in [-0.39, 0.29) is 5.69 Å². The third-order valence-electron chi connectivity index (χ3n) is 3.02. The highest BCUT2D eigenvalue weighted by Crippen LogP contribution is 2.34. The zero-order chi connectivity index (χ0) is 14.2. The van der Waals surface area contributed by atoms with Gasteiger partial charge in [0.1, 0.15) is 5.75 Å². The van der Waals surface area contributed by atoms with Crippen molar-refractivity contribution >= 4 is 5.97 Å². The Morgan fingerprint density at radius 1 is 1.32 bits per heavy atom. The summed E-state index contributed by atoms with van der Waals surface area (Å²) in [6, 6.07) is 5.52. The fraction of sp³-hybridized carbons (Fsp3) is 0.286. The Morgan fingerprint density at radius 3 is 2.53 bits per heavy atom. The van der Waals surface area contributed by atoms with Gasteiger partial charge in [-0.2, -0.15) is 5.10 Å². The Balaban J connectivity index is 2.68. The Labute approximate surface area is 111 Å². The molecular formula is C14H16N2O3. The maximum Gasteiger partial charge on any atom is 0.356 e. The molecule has 5 heteroatoms. The number of nitrogens with zero attached hydrogens (tertiary/aromatic N) is 2. The van der Waals surface area contributed by atoms with Crippen molar-refractivity contribution in [3.05, 3.63) is 35.0 Å². The van der Waals surface area contributed by atoms with Crippen molar-refractivity contribution in [1.29, 1.82) is 0 Å². The average molecular weight is 260 g/mol. The van der Waals surface area contributed by atoms with Gasteiger partial charge in [0.25, 0.3) is 0 Å². The fourth-order valence-electron chi connectivity index (χ4n) is 2.22. The molecule has 0 saturated carbocycles. The molecule has 1 heterocycles. The monoisotopic (exact) mass is 260 g/mol. The number of ether oxygens (including phenoxy) is 1. The molecule has 19 heavy (non-hydrogen) atoms. The molecule has 2 aromatic rings. The Kier molecular flexibility index (Phi) is 3.29. The maximum atomic E-state index is 11.0. The van der Waals surface area contributed by atoms with Gasteiger partial charge < -0.3 is 9.84 Å². The van der Waals surface area contributed by atoms with Gasteiger partial charge in [-0.1, -0.05) is 6.07 Å². The molecule has 0 aliphatic carbocycles. The highest BCUT2D eigenvalue weighted by molar-refractivity contribution is 5.87. The second-order valence-corrected chi connectivity index (χ2v) is 4.50. The summed E-state index contributed by atoms with van der Waals surface area (Å²) in [6.45, 7) is 3.96. The third-order valence-corrected chi connectivity index (χ3v) is 3.02. The molecule has 0 bridgehead atoms. The van der Waals surface area contributed by atoms with E-state index >= 15 is 0 Å². The molecule has 0 atom stereocenters. The second-order valence-electron chi connectivity index (χ2n) is 4.50. The van der Waals surface area contributed by atoms with E-state index in [9.17, 15) is 4.79 Å².